The molecule has 1 heterocycles. The van der Waals surface area contributed by atoms with E-state index in [-0.39, 0.29) is 34.3 Å². The van der Waals surface area contributed by atoms with Gasteiger partial charge in [-0.05, 0) is 6.92 Å². The van der Waals surface area contributed by atoms with Crippen LogP contribution in [0.1, 0.15) is 11.4 Å². The van der Waals surface area contributed by atoms with E-state index in [4.69, 9.17) is 0 Å². The van der Waals surface area contributed by atoms with Crippen molar-refractivity contribution in [3.05, 3.63) is 58.0 Å². The Morgan fingerprint density at radius 2 is 1.85 bits per heavy atom. The Hall–Kier alpha value is -0.487. The number of aromatic amines is 1. The molecule has 0 spiro atoms. The first-order valence-electron chi connectivity index (χ1n) is 3.14. The molecule has 0 aliphatic rings. The number of hydrogen-bond donors (Lipinski definition) is 1. The van der Waals surface area contributed by atoms with E-state index in [2.05, 4.69) is 24.6 Å². The van der Waals surface area contributed by atoms with E-state index in [0.29, 0.717) is 0 Å². The molecule has 0 aliphatic carbocycles. The maximum absolute atomic E-state index is 3.25. The van der Waals surface area contributed by atoms with E-state index >= 15 is 0 Å². The van der Waals surface area contributed by atoms with Crippen molar-refractivity contribution in [1.82, 2.24) is 4.98 Å². The topological polar surface area (TPSA) is 15.8 Å². The molecule has 0 atom stereocenters. The van der Waals surface area contributed by atoms with Gasteiger partial charge in [0.05, 0.1) is 0 Å². The van der Waals surface area contributed by atoms with E-state index < -0.39 is 0 Å². The number of aryl methyl sites for hydroxylation is 2. The van der Waals surface area contributed by atoms with E-state index in [1.54, 1.807) is 0 Å². The van der Waals surface area contributed by atoms with Gasteiger partial charge in [-0.2, -0.15) is 0 Å². The van der Waals surface area contributed by atoms with Crippen LogP contribution in [0.4, 0.5) is 0 Å². The standard InChI is InChI=1S/C6H8N.C3H5.2CH3.Ru/c1-5-3-4-6(2)7-5;1-3-2;;;/h3,7H,1-2H3;3H,1-2H2;2*1H3;/q4*-1;+4. The van der Waals surface area contributed by atoms with Crippen LogP contribution >= 0.6 is 0 Å². The van der Waals surface area contributed by atoms with Crippen LogP contribution in [0.3, 0.4) is 0 Å². The largest absolute Gasteiger partial charge is 4.00 e. The minimum atomic E-state index is 0. The fraction of sp³-hybridized carbons (Fsp3) is 0.182. The van der Waals surface area contributed by atoms with Gasteiger partial charge < -0.3 is 19.8 Å². The summed E-state index contributed by atoms with van der Waals surface area (Å²) in [6.07, 6.45) is 1.50. The third-order valence-corrected chi connectivity index (χ3v) is 0.890. The van der Waals surface area contributed by atoms with Gasteiger partial charge >= 0.3 is 19.5 Å². The van der Waals surface area contributed by atoms with E-state index in [9.17, 15) is 0 Å². The second-order valence-corrected chi connectivity index (χ2v) is 2.01. The number of rotatable bonds is 0. The molecule has 0 bridgehead atoms. The Morgan fingerprint density at radius 1 is 1.46 bits per heavy atom. The van der Waals surface area contributed by atoms with Crippen LogP contribution in [0.25, 0.3) is 0 Å². The first-order chi connectivity index (χ1) is 4.70. The van der Waals surface area contributed by atoms with E-state index in [1.165, 1.54) is 11.8 Å². The predicted octanol–water partition coefficient (Wildman–Crippen LogP) is 3.34. The fourth-order valence-corrected chi connectivity index (χ4v) is 0.584. The minimum Gasteiger partial charge on any atom is -0.456 e. The van der Waals surface area contributed by atoms with Crippen LogP contribution in [-0.2, 0) is 19.5 Å². The zero-order valence-electron chi connectivity index (χ0n) is 8.92. The summed E-state index contributed by atoms with van der Waals surface area (Å²) >= 11 is 0. The quantitative estimate of drug-likeness (QED) is 0.547. The van der Waals surface area contributed by atoms with Crippen LogP contribution in [0.2, 0.25) is 0 Å². The first kappa shape index (κ1) is 22.9. The van der Waals surface area contributed by atoms with Gasteiger partial charge in [0, 0.05) is 0 Å². The molecule has 0 saturated carbocycles. The first-order valence-corrected chi connectivity index (χ1v) is 3.14. The zero-order chi connectivity index (χ0) is 7.98. The molecule has 1 N–H and O–H groups in total. The molecule has 2 heteroatoms. The van der Waals surface area contributed by atoms with E-state index in [0.717, 1.165) is 5.69 Å². The van der Waals surface area contributed by atoms with Crippen molar-refractivity contribution in [3.63, 3.8) is 0 Å². The smallest absolute Gasteiger partial charge is 0.456 e. The summed E-state index contributed by atoms with van der Waals surface area (Å²) < 4.78 is 0. The van der Waals surface area contributed by atoms with Gasteiger partial charge in [0.2, 0.25) is 0 Å². The summed E-state index contributed by atoms with van der Waals surface area (Å²) in [5, 5.41) is 0. The monoisotopic (exact) mass is 267 g/mol. The molecule has 0 fully saturated rings. The van der Waals surface area contributed by atoms with Crippen LogP contribution in [0.5, 0.6) is 0 Å². The molecule has 1 aromatic rings. The molecule has 0 aliphatic heterocycles. The molecule has 1 nitrogen and oxygen atoms in total. The molecular formula is C11H19NRu. The molecule has 1 rings (SSSR count). The molecule has 0 radical (unpaired) electrons. The third kappa shape index (κ3) is 14.4. The van der Waals surface area contributed by atoms with Gasteiger partial charge in [-0.25, -0.2) is 31.7 Å². The number of H-pyrrole nitrogens is 1. The molecule has 13 heavy (non-hydrogen) atoms. The Bertz CT molecular complexity index is 175. The van der Waals surface area contributed by atoms with Gasteiger partial charge in [0.1, 0.15) is 0 Å². The minimum absolute atomic E-state index is 0. The average molecular weight is 266 g/mol. The average Bonchev–Trinajstić information content (AvgIpc) is 2.17. The molecule has 0 aromatic carbocycles. The molecule has 76 valence electrons. The van der Waals surface area contributed by atoms with Gasteiger partial charge in [-0.3, -0.25) is 0 Å². The molecule has 1 aromatic heterocycles. The summed E-state index contributed by atoms with van der Waals surface area (Å²) in [7, 11) is 0. The fourth-order valence-electron chi connectivity index (χ4n) is 0.584. The van der Waals surface area contributed by atoms with Crippen molar-refractivity contribution in [2.45, 2.75) is 13.8 Å². The summed E-state index contributed by atoms with van der Waals surface area (Å²) in [4.78, 5) is 3.08. The van der Waals surface area contributed by atoms with Gasteiger partial charge in [-0.15, -0.1) is 5.69 Å². The Balaban J connectivity index is -0.0000000615. The second-order valence-electron chi connectivity index (χ2n) is 2.01. The van der Waals surface area contributed by atoms with Crippen LogP contribution in [0.15, 0.2) is 18.7 Å². The Labute approximate surface area is 96.4 Å². The van der Waals surface area contributed by atoms with Crippen molar-refractivity contribution in [3.8, 4) is 0 Å². The van der Waals surface area contributed by atoms with Gasteiger partial charge in [0.25, 0.3) is 0 Å². The normalized spacial score (nSPS) is 6.00. The number of hydrogen-bond acceptors (Lipinski definition) is 0. The molecule has 0 saturated heterocycles. The summed E-state index contributed by atoms with van der Waals surface area (Å²) in [5.41, 5.74) is 2.29. The summed E-state index contributed by atoms with van der Waals surface area (Å²) in [6.45, 7) is 10.5. The molecule has 0 unspecified atom stereocenters. The van der Waals surface area contributed by atoms with Gasteiger partial charge in [-0.1, -0.05) is 12.6 Å². The SMILES string of the molecule is C=C[CH2-].Cc1[c-]cc(C)[nH]1.[CH3-].[CH3-].[Ru+4]. The second kappa shape index (κ2) is 14.1. The van der Waals surface area contributed by atoms with Crippen molar-refractivity contribution >= 4 is 0 Å². The number of nitrogens with one attached hydrogen (secondary N) is 1. The van der Waals surface area contributed by atoms with E-state index in [1.807, 2.05) is 19.9 Å². The Kier molecular flexibility index (Phi) is 24.8. The van der Waals surface area contributed by atoms with Crippen LogP contribution in [-0.4, -0.2) is 4.98 Å². The third-order valence-electron chi connectivity index (χ3n) is 0.890. The van der Waals surface area contributed by atoms with Crippen molar-refractivity contribution < 1.29 is 19.5 Å². The summed E-state index contributed by atoms with van der Waals surface area (Å²) in [6, 6.07) is 4.95. The number of aromatic nitrogens is 1. The van der Waals surface area contributed by atoms with Gasteiger partial charge in [0.15, 0.2) is 0 Å². The maximum atomic E-state index is 3.25. The molecular weight excluding hydrogens is 247 g/mol. The summed E-state index contributed by atoms with van der Waals surface area (Å²) in [5.74, 6) is 0. The Morgan fingerprint density at radius 3 is 1.92 bits per heavy atom. The number of allylic oxidation sites excluding steroid dienone is 1. The van der Waals surface area contributed by atoms with Crippen LogP contribution < -0.4 is 0 Å². The predicted molar refractivity (Wildman–Crippen MR) is 57.5 cm³/mol. The van der Waals surface area contributed by atoms with Crippen molar-refractivity contribution in [2.24, 2.45) is 0 Å². The van der Waals surface area contributed by atoms with Crippen LogP contribution in [0, 0.1) is 41.7 Å². The van der Waals surface area contributed by atoms with Crippen molar-refractivity contribution in [2.75, 3.05) is 0 Å². The molecule has 0 amide bonds. The maximum Gasteiger partial charge on any atom is 4.00 e. The zero-order valence-corrected chi connectivity index (χ0v) is 10.7. The van der Waals surface area contributed by atoms with Crippen molar-refractivity contribution in [1.29, 1.82) is 0 Å².